The van der Waals surface area contributed by atoms with Crippen molar-refractivity contribution >= 4 is 45.9 Å². The maximum absolute atomic E-state index is 6.60. The van der Waals surface area contributed by atoms with Gasteiger partial charge in [0.05, 0.1) is 16.8 Å². The highest BCUT2D eigenvalue weighted by molar-refractivity contribution is 7.99. The minimum absolute atomic E-state index is 0.640. The van der Waals surface area contributed by atoms with Crippen LogP contribution < -0.4 is 0 Å². The van der Waals surface area contributed by atoms with Crippen molar-refractivity contribution in [1.82, 2.24) is 15.0 Å². The van der Waals surface area contributed by atoms with Crippen molar-refractivity contribution in [3.63, 3.8) is 0 Å². The standard InChI is InChI=1S/C48H29N3OS/c1-2-12-32(13-3-1)41-28-42(51-47(50-41)34-14-10-24-49-29-34)33-23-22-31-21-20-30-11-4-6-16-37(30)48(39(31)25-33)38-17-7-9-19-45(38)53-46-26-36-35-15-5-8-18-43(35)52-44(36)27-40(46)48/h1-29H. The van der Waals surface area contributed by atoms with Crippen LogP contribution in [0.2, 0.25) is 0 Å². The lowest BCUT2D eigenvalue weighted by Gasteiger charge is -2.42. The molecule has 1 aliphatic carbocycles. The molecule has 0 N–H and O–H groups in total. The molecule has 0 radical (unpaired) electrons. The second kappa shape index (κ2) is 11.7. The van der Waals surface area contributed by atoms with Gasteiger partial charge in [-0.15, -0.1) is 0 Å². The van der Waals surface area contributed by atoms with Crippen LogP contribution in [0.25, 0.3) is 68.0 Å². The van der Waals surface area contributed by atoms with Crippen LogP contribution >= 0.6 is 11.8 Å². The zero-order valence-electron chi connectivity index (χ0n) is 28.4. The molecule has 0 saturated carbocycles. The largest absolute Gasteiger partial charge is 0.456 e. The molecule has 0 saturated heterocycles. The molecule has 1 unspecified atom stereocenters. The van der Waals surface area contributed by atoms with Gasteiger partial charge in [0.25, 0.3) is 0 Å². The summed E-state index contributed by atoms with van der Waals surface area (Å²) in [5.74, 6) is 0.640. The predicted octanol–water partition coefficient (Wildman–Crippen LogP) is 12.1. The lowest BCUT2D eigenvalue weighted by atomic mass is 9.63. The Labute approximate surface area is 310 Å². The van der Waals surface area contributed by atoms with E-state index in [0.717, 1.165) is 55.6 Å². The summed E-state index contributed by atoms with van der Waals surface area (Å²) in [7, 11) is 0. The van der Waals surface area contributed by atoms with E-state index in [1.807, 2.05) is 54.4 Å². The van der Waals surface area contributed by atoms with E-state index in [1.54, 1.807) is 6.20 Å². The Morgan fingerprint density at radius 2 is 1.21 bits per heavy atom. The minimum atomic E-state index is -0.656. The number of para-hydroxylation sites is 1. The van der Waals surface area contributed by atoms with Crippen LogP contribution in [0.1, 0.15) is 33.4 Å². The van der Waals surface area contributed by atoms with Crippen LogP contribution in [0.15, 0.2) is 178 Å². The molecule has 6 aromatic carbocycles. The topological polar surface area (TPSA) is 51.8 Å². The molecule has 0 bridgehead atoms. The molecule has 0 fully saturated rings. The molecule has 4 nitrogen and oxygen atoms in total. The van der Waals surface area contributed by atoms with E-state index in [0.29, 0.717) is 5.82 Å². The highest BCUT2D eigenvalue weighted by atomic mass is 32.2. The van der Waals surface area contributed by atoms with Crippen LogP contribution in [0, 0.1) is 0 Å². The van der Waals surface area contributed by atoms with Crippen molar-refractivity contribution in [3.8, 4) is 33.9 Å². The summed E-state index contributed by atoms with van der Waals surface area (Å²) in [6, 6.07) is 53.9. The lowest BCUT2D eigenvalue weighted by Crippen LogP contribution is -2.35. The summed E-state index contributed by atoms with van der Waals surface area (Å²) >= 11 is 1.84. The summed E-state index contributed by atoms with van der Waals surface area (Å²) in [5, 5.41) is 2.26. The first-order valence-electron chi connectivity index (χ1n) is 17.7. The van der Waals surface area contributed by atoms with Gasteiger partial charge in [-0.3, -0.25) is 4.98 Å². The van der Waals surface area contributed by atoms with E-state index in [-0.39, 0.29) is 0 Å². The first kappa shape index (κ1) is 30.1. The lowest BCUT2D eigenvalue weighted by molar-refractivity contribution is 0.659. The Hall–Kier alpha value is -6.56. The van der Waals surface area contributed by atoms with Crippen LogP contribution in [0.3, 0.4) is 0 Å². The summed E-state index contributed by atoms with van der Waals surface area (Å²) in [6.07, 6.45) is 8.14. The maximum atomic E-state index is 6.60. The van der Waals surface area contributed by atoms with E-state index in [9.17, 15) is 0 Å². The fourth-order valence-corrected chi connectivity index (χ4v) is 9.52. The summed E-state index contributed by atoms with van der Waals surface area (Å²) in [4.78, 5) is 17.1. The van der Waals surface area contributed by atoms with Crippen LogP contribution in [-0.4, -0.2) is 15.0 Å². The second-order valence-electron chi connectivity index (χ2n) is 13.6. The number of nitrogens with zero attached hydrogens (tertiary/aromatic N) is 3. The Morgan fingerprint density at radius 3 is 2.08 bits per heavy atom. The van der Waals surface area contributed by atoms with E-state index >= 15 is 0 Å². The molecular weight excluding hydrogens is 667 g/mol. The van der Waals surface area contributed by atoms with Gasteiger partial charge in [0, 0.05) is 49.6 Å². The minimum Gasteiger partial charge on any atom is -0.456 e. The normalized spacial score (nSPS) is 15.5. The molecule has 9 aromatic rings. The van der Waals surface area contributed by atoms with Gasteiger partial charge >= 0.3 is 0 Å². The number of benzene rings is 6. The van der Waals surface area contributed by atoms with E-state index < -0.39 is 5.41 Å². The second-order valence-corrected chi connectivity index (χ2v) is 14.7. The Kier molecular flexibility index (Phi) is 6.67. The quantitative estimate of drug-likeness (QED) is 0.184. The Bertz CT molecular complexity index is 2880. The van der Waals surface area contributed by atoms with Crippen molar-refractivity contribution < 1.29 is 4.42 Å². The molecule has 3 aromatic heterocycles. The number of furan rings is 1. The molecule has 1 atom stereocenters. The van der Waals surface area contributed by atoms with Crippen molar-refractivity contribution in [2.45, 2.75) is 15.2 Å². The number of pyridine rings is 1. The summed E-state index contributed by atoms with van der Waals surface area (Å²) in [5.41, 5.74) is 13.0. The SMILES string of the molecule is C1=Cc2ccc(-c3cc(-c4ccccc4)nc(-c4cccnc4)n3)cc2C2(c3ccccc31)c1ccccc1Sc1cc3c(cc12)oc1ccccc13. The van der Waals surface area contributed by atoms with Crippen molar-refractivity contribution in [3.05, 3.63) is 197 Å². The Balaban J connectivity index is 1.23. The molecule has 4 heterocycles. The van der Waals surface area contributed by atoms with E-state index in [2.05, 4.69) is 132 Å². The average Bonchev–Trinajstić information content (AvgIpc) is 3.52. The molecule has 1 spiro atoms. The van der Waals surface area contributed by atoms with Gasteiger partial charge in [0.1, 0.15) is 11.2 Å². The molecular formula is C48H29N3OS. The number of rotatable bonds is 3. The third-order valence-electron chi connectivity index (χ3n) is 10.7. The third kappa shape index (κ3) is 4.61. The smallest absolute Gasteiger partial charge is 0.161 e. The van der Waals surface area contributed by atoms with Crippen molar-refractivity contribution in [1.29, 1.82) is 0 Å². The fraction of sp³-hybridized carbons (Fsp3) is 0.0208. The van der Waals surface area contributed by atoms with Gasteiger partial charge in [-0.25, -0.2) is 9.97 Å². The summed E-state index contributed by atoms with van der Waals surface area (Å²) < 4.78 is 6.60. The van der Waals surface area contributed by atoms with Crippen molar-refractivity contribution in [2.24, 2.45) is 0 Å². The number of aromatic nitrogens is 3. The monoisotopic (exact) mass is 695 g/mol. The zero-order valence-corrected chi connectivity index (χ0v) is 29.2. The summed E-state index contributed by atoms with van der Waals surface area (Å²) in [6.45, 7) is 0. The van der Waals surface area contributed by atoms with E-state index in [1.165, 1.54) is 37.6 Å². The molecule has 2 aliphatic rings. The number of hydrogen-bond donors (Lipinski definition) is 0. The first-order chi connectivity index (χ1) is 26.2. The molecule has 5 heteroatoms. The highest BCUT2D eigenvalue weighted by Crippen LogP contribution is 2.59. The van der Waals surface area contributed by atoms with Crippen LogP contribution in [0.5, 0.6) is 0 Å². The third-order valence-corrected chi connectivity index (χ3v) is 11.8. The van der Waals surface area contributed by atoms with Crippen LogP contribution in [0.4, 0.5) is 0 Å². The zero-order chi connectivity index (χ0) is 34.9. The maximum Gasteiger partial charge on any atom is 0.161 e. The molecule has 248 valence electrons. The van der Waals surface area contributed by atoms with E-state index in [4.69, 9.17) is 14.4 Å². The predicted molar refractivity (Wildman–Crippen MR) is 215 cm³/mol. The molecule has 53 heavy (non-hydrogen) atoms. The van der Waals surface area contributed by atoms with Gasteiger partial charge < -0.3 is 4.42 Å². The van der Waals surface area contributed by atoms with Crippen LogP contribution in [-0.2, 0) is 5.41 Å². The number of hydrogen-bond acceptors (Lipinski definition) is 5. The van der Waals surface area contributed by atoms with Gasteiger partial charge in [0.2, 0.25) is 0 Å². The van der Waals surface area contributed by atoms with Crippen molar-refractivity contribution in [2.75, 3.05) is 0 Å². The molecule has 1 aliphatic heterocycles. The van der Waals surface area contributed by atoms with Gasteiger partial charge in [0.15, 0.2) is 5.82 Å². The molecule has 0 amide bonds. The fourth-order valence-electron chi connectivity index (χ4n) is 8.31. The highest BCUT2D eigenvalue weighted by Gasteiger charge is 2.47. The average molecular weight is 696 g/mol. The van der Waals surface area contributed by atoms with Gasteiger partial charge in [-0.2, -0.15) is 0 Å². The Morgan fingerprint density at radius 1 is 0.472 bits per heavy atom. The number of fused-ring (bicyclic) bond motifs is 11. The molecule has 11 rings (SSSR count). The first-order valence-corrected chi connectivity index (χ1v) is 18.6. The van der Waals surface area contributed by atoms with Gasteiger partial charge in [-0.05, 0) is 81.9 Å². The van der Waals surface area contributed by atoms with Gasteiger partial charge in [-0.1, -0.05) is 127 Å².